The van der Waals surface area contributed by atoms with Crippen molar-refractivity contribution in [1.29, 1.82) is 0 Å². The molecule has 1 unspecified atom stereocenters. The minimum atomic E-state index is 0.314. The number of aromatic nitrogens is 2. The van der Waals surface area contributed by atoms with E-state index in [1.807, 2.05) is 12.3 Å². The zero-order chi connectivity index (χ0) is 11.5. The summed E-state index contributed by atoms with van der Waals surface area (Å²) in [7, 11) is 0. The highest BCUT2D eigenvalue weighted by Gasteiger charge is 2.17. The number of rotatable bonds is 4. The summed E-state index contributed by atoms with van der Waals surface area (Å²) in [6, 6.07) is 4.14. The molecule has 16 heavy (non-hydrogen) atoms. The summed E-state index contributed by atoms with van der Waals surface area (Å²) in [5.41, 5.74) is 6.86. The van der Waals surface area contributed by atoms with Gasteiger partial charge in [-0.05, 0) is 17.4 Å². The van der Waals surface area contributed by atoms with Crippen LogP contribution in [-0.2, 0) is 0 Å². The maximum absolute atomic E-state index is 5.78. The minimum Gasteiger partial charge on any atom is -0.341 e. The molecule has 0 saturated carbocycles. The van der Waals surface area contributed by atoms with Gasteiger partial charge in [0.1, 0.15) is 5.82 Å². The molecule has 2 rings (SSSR count). The Bertz CT molecular complexity index is 431. The van der Waals surface area contributed by atoms with Crippen LogP contribution in [0, 0.1) is 5.92 Å². The summed E-state index contributed by atoms with van der Waals surface area (Å²) in [5.74, 6) is 1.82. The number of aromatic amines is 1. The maximum atomic E-state index is 5.78. The molecule has 1 atom stereocenters. The van der Waals surface area contributed by atoms with E-state index < -0.39 is 0 Å². The number of nitrogens with zero attached hydrogens (tertiary/aromatic N) is 1. The second kappa shape index (κ2) is 4.80. The highest BCUT2D eigenvalue weighted by atomic mass is 32.1. The molecular formula is C12H17N3S. The van der Waals surface area contributed by atoms with Crippen molar-refractivity contribution in [2.24, 2.45) is 11.7 Å². The third kappa shape index (κ3) is 2.18. The van der Waals surface area contributed by atoms with Crippen molar-refractivity contribution < 1.29 is 0 Å². The van der Waals surface area contributed by atoms with E-state index in [4.69, 9.17) is 5.73 Å². The molecule has 3 nitrogen and oxygen atoms in total. The molecule has 0 aliphatic rings. The van der Waals surface area contributed by atoms with Crippen LogP contribution in [0.15, 0.2) is 23.7 Å². The fourth-order valence-corrected chi connectivity index (χ4v) is 2.47. The van der Waals surface area contributed by atoms with E-state index in [-0.39, 0.29) is 0 Å². The Morgan fingerprint density at radius 2 is 2.31 bits per heavy atom. The lowest BCUT2D eigenvalue weighted by molar-refractivity contribution is 0.487. The van der Waals surface area contributed by atoms with Gasteiger partial charge in [-0.15, -0.1) is 11.3 Å². The van der Waals surface area contributed by atoms with Gasteiger partial charge in [-0.2, -0.15) is 0 Å². The molecule has 86 valence electrons. The largest absolute Gasteiger partial charge is 0.341 e. The van der Waals surface area contributed by atoms with E-state index in [2.05, 4.69) is 35.3 Å². The van der Waals surface area contributed by atoms with Gasteiger partial charge in [-0.25, -0.2) is 4.98 Å². The van der Waals surface area contributed by atoms with Crippen LogP contribution >= 0.6 is 11.3 Å². The standard InChI is InChI=1S/C12H17N3S/c1-8(2)9(6-13)12-14-7-10(15-12)11-4-3-5-16-11/h3-5,7-9H,6,13H2,1-2H3,(H,14,15). The van der Waals surface area contributed by atoms with Crippen LogP contribution in [0.3, 0.4) is 0 Å². The number of hydrogen-bond donors (Lipinski definition) is 2. The summed E-state index contributed by atoms with van der Waals surface area (Å²) in [6.07, 6.45) is 1.90. The van der Waals surface area contributed by atoms with Crippen molar-refractivity contribution in [3.8, 4) is 10.6 Å². The van der Waals surface area contributed by atoms with E-state index in [0.717, 1.165) is 11.5 Å². The summed E-state index contributed by atoms with van der Waals surface area (Å²) < 4.78 is 0. The monoisotopic (exact) mass is 235 g/mol. The normalized spacial score (nSPS) is 13.2. The van der Waals surface area contributed by atoms with Gasteiger partial charge in [0, 0.05) is 12.5 Å². The van der Waals surface area contributed by atoms with Gasteiger partial charge in [-0.1, -0.05) is 19.9 Å². The zero-order valence-corrected chi connectivity index (χ0v) is 10.4. The molecule has 0 saturated heterocycles. The van der Waals surface area contributed by atoms with E-state index in [1.54, 1.807) is 11.3 Å². The third-order valence-electron chi connectivity index (χ3n) is 2.79. The molecule has 0 radical (unpaired) electrons. The smallest absolute Gasteiger partial charge is 0.111 e. The predicted octanol–water partition coefficient (Wildman–Crippen LogP) is 2.84. The van der Waals surface area contributed by atoms with Crippen molar-refractivity contribution in [1.82, 2.24) is 9.97 Å². The Morgan fingerprint density at radius 1 is 1.50 bits per heavy atom. The van der Waals surface area contributed by atoms with Gasteiger partial charge >= 0.3 is 0 Å². The van der Waals surface area contributed by atoms with Crippen LogP contribution in [0.1, 0.15) is 25.6 Å². The highest BCUT2D eigenvalue weighted by Crippen LogP contribution is 2.26. The summed E-state index contributed by atoms with van der Waals surface area (Å²) >= 11 is 1.71. The van der Waals surface area contributed by atoms with Crippen LogP contribution < -0.4 is 5.73 Å². The van der Waals surface area contributed by atoms with Gasteiger partial charge in [0.2, 0.25) is 0 Å². The molecule has 0 spiro atoms. The molecule has 4 heteroatoms. The maximum Gasteiger partial charge on any atom is 0.111 e. The van der Waals surface area contributed by atoms with E-state index in [9.17, 15) is 0 Å². The first kappa shape index (κ1) is 11.4. The van der Waals surface area contributed by atoms with Gasteiger partial charge in [0.05, 0.1) is 16.8 Å². The van der Waals surface area contributed by atoms with E-state index >= 15 is 0 Å². The second-order valence-corrected chi connectivity index (χ2v) is 5.19. The number of hydrogen-bond acceptors (Lipinski definition) is 3. The van der Waals surface area contributed by atoms with Gasteiger partial charge in [-0.3, -0.25) is 0 Å². The first-order valence-corrected chi connectivity index (χ1v) is 6.39. The third-order valence-corrected chi connectivity index (χ3v) is 3.70. The average Bonchev–Trinajstić information content (AvgIpc) is 2.86. The molecule has 0 aliphatic carbocycles. The van der Waals surface area contributed by atoms with Crippen molar-refractivity contribution in [2.75, 3.05) is 6.54 Å². The fraction of sp³-hybridized carbons (Fsp3) is 0.417. The summed E-state index contributed by atoms with van der Waals surface area (Å²) in [5, 5.41) is 2.07. The minimum absolute atomic E-state index is 0.314. The van der Waals surface area contributed by atoms with Crippen molar-refractivity contribution >= 4 is 11.3 Å². The van der Waals surface area contributed by atoms with Crippen molar-refractivity contribution in [3.63, 3.8) is 0 Å². The SMILES string of the molecule is CC(C)C(CN)c1ncc(-c2cccs2)[nH]1. The Kier molecular flexibility index (Phi) is 3.41. The van der Waals surface area contributed by atoms with Gasteiger partial charge in [0.15, 0.2) is 0 Å². The lowest BCUT2D eigenvalue weighted by atomic mass is 9.95. The molecule has 0 amide bonds. The Labute approximate surface area is 99.7 Å². The fourth-order valence-electron chi connectivity index (χ4n) is 1.78. The second-order valence-electron chi connectivity index (χ2n) is 4.25. The lowest BCUT2D eigenvalue weighted by Crippen LogP contribution is -2.18. The molecule has 2 heterocycles. The predicted molar refractivity (Wildman–Crippen MR) is 68.5 cm³/mol. The molecule has 2 aromatic heterocycles. The van der Waals surface area contributed by atoms with Crippen LogP contribution in [0.5, 0.6) is 0 Å². The molecule has 0 bridgehead atoms. The van der Waals surface area contributed by atoms with Crippen molar-refractivity contribution in [2.45, 2.75) is 19.8 Å². The highest BCUT2D eigenvalue weighted by molar-refractivity contribution is 7.13. The lowest BCUT2D eigenvalue weighted by Gasteiger charge is -2.15. The Hall–Kier alpha value is -1.13. The molecule has 0 aromatic carbocycles. The molecule has 3 N–H and O–H groups in total. The number of imidazole rings is 1. The van der Waals surface area contributed by atoms with Gasteiger partial charge in [0.25, 0.3) is 0 Å². The molecule has 0 fully saturated rings. The number of nitrogens with one attached hydrogen (secondary N) is 1. The van der Waals surface area contributed by atoms with Gasteiger partial charge < -0.3 is 10.7 Å². The Morgan fingerprint density at radius 3 is 2.88 bits per heavy atom. The van der Waals surface area contributed by atoms with Crippen molar-refractivity contribution in [3.05, 3.63) is 29.5 Å². The molecule has 2 aromatic rings. The summed E-state index contributed by atoms with van der Waals surface area (Å²) in [4.78, 5) is 9.02. The average molecular weight is 235 g/mol. The first-order valence-electron chi connectivity index (χ1n) is 5.51. The zero-order valence-electron chi connectivity index (χ0n) is 9.60. The topological polar surface area (TPSA) is 54.7 Å². The summed E-state index contributed by atoms with van der Waals surface area (Å²) in [6.45, 7) is 4.98. The number of nitrogens with two attached hydrogens (primary N) is 1. The van der Waals surface area contributed by atoms with Crippen LogP contribution in [-0.4, -0.2) is 16.5 Å². The Balaban J connectivity index is 2.25. The van der Waals surface area contributed by atoms with Crippen LogP contribution in [0.4, 0.5) is 0 Å². The van der Waals surface area contributed by atoms with Crippen LogP contribution in [0.2, 0.25) is 0 Å². The molecular weight excluding hydrogens is 218 g/mol. The van der Waals surface area contributed by atoms with Crippen LogP contribution in [0.25, 0.3) is 10.6 Å². The van der Waals surface area contributed by atoms with E-state index in [1.165, 1.54) is 4.88 Å². The quantitative estimate of drug-likeness (QED) is 0.856. The van der Waals surface area contributed by atoms with E-state index in [0.29, 0.717) is 18.4 Å². The number of H-pyrrole nitrogens is 1. The molecule has 0 aliphatic heterocycles. The number of thiophene rings is 1. The first-order chi connectivity index (χ1) is 7.72.